The molecule has 0 spiro atoms. The van der Waals surface area contributed by atoms with Crippen LogP contribution in [0.1, 0.15) is 12.8 Å². The summed E-state index contributed by atoms with van der Waals surface area (Å²) in [6, 6.07) is 0. The van der Waals surface area contributed by atoms with Gasteiger partial charge < -0.3 is 17.5 Å². The summed E-state index contributed by atoms with van der Waals surface area (Å²) in [5, 5.41) is 8.37. The first-order chi connectivity index (χ1) is 5.68. The number of carboxylic acids is 1. The van der Waals surface area contributed by atoms with Gasteiger partial charge in [0.15, 0.2) is 0 Å². The predicted molar refractivity (Wildman–Crippen MR) is 43.7 cm³/mol. The number of hydrogen-bond acceptors (Lipinski definition) is 3. The molecule has 73 valence electrons. The molecule has 4 nitrogen and oxygen atoms in total. The standard InChI is InChI=1S/C8H12N2O2.ClH/c1-9-5-6-10(7-9)4-2-3-8(11)12;/h5-6H,2-4H2,1H3,(H,11,12);1H/q+1;/p-1. The summed E-state index contributed by atoms with van der Waals surface area (Å²) in [6.45, 7) is 3.71. The molecule has 0 saturated carbocycles. The summed E-state index contributed by atoms with van der Waals surface area (Å²) in [6.07, 6.45) is 4.62. The van der Waals surface area contributed by atoms with Crippen LogP contribution in [0, 0.1) is 6.67 Å². The average Bonchev–Trinajstić information content (AvgIpc) is 2.35. The molecule has 1 radical (unpaired) electrons. The minimum absolute atomic E-state index is 0. The molecule has 0 saturated heterocycles. The van der Waals surface area contributed by atoms with Gasteiger partial charge in [0, 0.05) is 6.42 Å². The molecule has 1 heterocycles. The summed E-state index contributed by atoms with van der Waals surface area (Å²) in [5.74, 6) is -0.744. The Morgan fingerprint density at radius 2 is 2.23 bits per heavy atom. The molecule has 0 bridgehead atoms. The lowest BCUT2D eigenvalue weighted by Crippen LogP contribution is -3.00. The average molecular weight is 204 g/mol. The maximum absolute atomic E-state index is 10.2. The van der Waals surface area contributed by atoms with Crippen molar-refractivity contribution in [3.63, 3.8) is 0 Å². The van der Waals surface area contributed by atoms with Crippen molar-refractivity contribution in [1.29, 1.82) is 0 Å². The highest BCUT2D eigenvalue weighted by atomic mass is 35.5. The Labute approximate surface area is 84.2 Å². The lowest BCUT2D eigenvalue weighted by molar-refractivity contribution is -0.137. The molecule has 0 amide bonds. The van der Waals surface area contributed by atoms with E-state index >= 15 is 0 Å². The zero-order valence-corrected chi connectivity index (χ0v) is 8.16. The summed E-state index contributed by atoms with van der Waals surface area (Å²) in [4.78, 5) is 13.8. The number of aliphatic carboxylic acids is 1. The number of rotatable bonds is 4. The van der Waals surface area contributed by atoms with Crippen LogP contribution in [0.2, 0.25) is 0 Å². The van der Waals surface area contributed by atoms with E-state index < -0.39 is 5.97 Å². The van der Waals surface area contributed by atoms with Crippen LogP contribution in [0.4, 0.5) is 0 Å². The van der Waals surface area contributed by atoms with E-state index in [-0.39, 0.29) is 18.8 Å². The SMILES string of the molecule is CN1[C+]N(CCCC(=O)O)C=C1.[Cl-]. The zero-order chi connectivity index (χ0) is 8.97. The third-order valence-electron chi connectivity index (χ3n) is 1.55. The van der Waals surface area contributed by atoms with Crippen molar-refractivity contribution in [3.8, 4) is 0 Å². The fourth-order valence-electron chi connectivity index (χ4n) is 0.975. The van der Waals surface area contributed by atoms with Crippen LogP contribution >= 0.6 is 0 Å². The van der Waals surface area contributed by atoms with E-state index in [0.29, 0.717) is 13.0 Å². The van der Waals surface area contributed by atoms with E-state index in [0.717, 1.165) is 0 Å². The van der Waals surface area contributed by atoms with E-state index in [9.17, 15) is 4.79 Å². The molecule has 0 atom stereocenters. The molecule has 1 aliphatic rings. The van der Waals surface area contributed by atoms with Crippen molar-refractivity contribution >= 4 is 5.97 Å². The summed E-state index contributed by atoms with van der Waals surface area (Å²) in [7, 11) is 1.88. The molecule has 0 aromatic rings. The molecule has 5 heteroatoms. The third kappa shape index (κ3) is 4.52. The highest BCUT2D eigenvalue weighted by Gasteiger charge is 2.26. The smallest absolute Gasteiger partial charge is 0.564 e. The van der Waals surface area contributed by atoms with Crippen molar-refractivity contribution in [2.24, 2.45) is 0 Å². The third-order valence-corrected chi connectivity index (χ3v) is 1.55. The maximum atomic E-state index is 10.2. The molecular formula is C8H12ClN2O2. The second-order valence-electron chi connectivity index (χ2n) is 2.70. The van der Waals surface area contributed by atoms with Gasteiger partial charge in [0.25, 0.3) is 0 Å². The highest BCUT2D eigenvalue weighted by molar-refractivity contribution is 5.66. The van der Waals surface area contributed by atoms with Crippen molar-refractivity contribution < 1.29 is 22.3 Å². The molecule has 0 aromatic carbocycles. The topological polar surface area (TPSA) is 43.8 Å². The Kier molecular flexibility index (Phi) is 5.14. The van der Waals surface area contributed by atoms with Crippen LogP contribution in [0.25, 0.3) is 0 Å². The number of carbonyl (C=O) groups is 1. The van der Waals surface area contributed by atoms with E-state index in [4.69, 9.17) is 5.11 Å². The van der Waals surface area contributed by atoms with E-state index in [1.165, 1.54) is 0 Å². The van der Waals surface area contributed by atoms with Crippen molar-refractivity contribution in [2.75, 3.05) is 13.6 Å². The van der Waals surface area contributed by atoms with Crippen molar-refractivity contribution in [2.45, 2.75) is 12.8 Å². The van der Waals surface area contributed by atoms with Crippen LogP contribution < -0.4 is 12.4 Å². The minimum atomic E-state index is -0.744. The molecule has 0 fully saturated rings. The molecule has 13 heavy (non-hydrogen) atoms. The lowest BCUT2D eigenvalue weighted by atomic mass is 10.3. The van der Waals surface area contributed by atoms with Gasteiger partial charge in [-0.2, -0.15) is 0 Å². The Hall–Kier alpha value is -1.03. The molecule has 1 rings (SSSR count). The first kappa shape index (κ1) is 12.0. The monoisotopic (exact) mass is 203 g/mol. The fourth-order valence-corrected chi connectivity index (χ4v) is 0.975. The minimum Gasteiger partial charge on any atom is -1.00 e. The van der Waals surface area contributed by atoms with Gasteiger partial charge in [0.05, 0.1) is 26.0 Å². The van der Waals surface area contributed by atoms with Gasteiger partial charge >= 0.3 is 12.6 Å². The van der Waals surface area contributed by atoms with E-state index in [1.54, 1.807) is 4.90 Å². The quantitative estimate of drug-likeness (QED) is 0.517. The van der Waals surface area contributed by atoms with Crippen LogP contribution in [-0.2, 0) is 4.79 Å². The van der Waals surface area contributed by atoms with Crippen molar-refractivity contribution in [3.05, 3.63) is 19.1 Å². The fraction of sp³-hybridized carbons (Fsp3) is 0.500. The second kappa shape index (κ2) is 5.59. The van der Waals surface area contributed by atoms with Crippen LogP contribution in [-0.4, -0.2) is 34.5 Å². The number of carboxylic acid groups (broad SMARTS) is 1. The first-order valence-corrected chi connectivity index (χ1v) is 3.84. The highest BCUT2D eigenvalue weighted by Crippen LogP contribution is 2.09. The first-order valence-electron chi connectivity index (χ1n) is 3.84. The van der Waals surface area contributed by atoms with Crippen molar-refractivity contribution in [1.82, 2.24) is 9.80 Å². The Morgan fingerprint density at radius 3 is 2.69 bits per heavy atom. The summed E-state index contributed by atoms with van der Waals surface area (Å²) >= 11 is 0. The number of nitrogens with zero attached hydrogens (tertiary/aromatic N) is 2. The van der Waals surface area contributed by atoms with Gasteiger partial charge in [-0.05, 0) is 6.42 Å². The zero-order valence-electron chi connectivity index (χ0n) is 7.40. The van der Waals surface area contributed by atoms with E-state index in [1.807, 2.05) is 24.3 Å². The van der Waals surface area contributed by atoms with Gasteiger partial charge in [-0.3, -0.25) is 4.79 Å². The van der Waals surface area contributed by atoms with Crippen LogP contribution in [0.3, 0.4) is 0 Å². The van der Waals surface area contributed by atoms with Crippen LogP contribution in [0.5, 0.6) is 0 Å². The summed E-state index contributed by atoms with van der Waals surface area (Å²) in [5.41, 5.74) is 0. The maximum Gasteiger partial charge on any atom is 0.564 e. The molecular weight excluding hydrogens is 192 g/mol. The molecule has 1 N–H and O–H groups in total. The van der Waals surface area contributed by atoms with Gasteiger partial charge in [0.2, 0.25) is 0 Å². The predicted octanol–water partition coefficient (Wildman–Crippen LogP) is -2.43. The number of hydrogen-bond donors (Lipinski definition) is 1. The second-order valence-corrected chi connectivity index (χ2v) is 2.70. The molecule has 0 unspecified atom stereocenters. The van der Waals surface area contributed by atoms with E-state index in [2.05, 4.69) is 6.67 Å². The largest absolute Gasteiger partial charge is 1.00 e. The lowest BCUT2D eigenvalue weighted by Gasteiger charge is -1.99. The molecule has 0 aliphatic carbocycles. The van der Waals surface area contributed by atoms with Gasteiger partial charge in [-0.25, -0.2) is 0 Å². The Bertz CT molecular complexity index is 197. The van der Waals surface area contributed by atoms with Crippen LogP contribution in [0.15, 0.2) is 12.4 Å². The number of halogens is 1. The van der Waals surface area contributed by atoms with Gasteiger partial charge in [0.1, 0.15) is 0 Å². The summed E-state index contributed by atoms with van der Waals surface area (Å²) < 4.78 is 0. The van der Waals surface area contributed by atoms with Gasteiger partial charge in [-0.1, -0.05) is 0 Å². The Balaban J connectivity index is 0.00000144. The van der Waals surface area contributed by atoms with Gasteiger partial charge in [-0.15, -0.1) is 9.80 Å². The molecule has 0 aromatic heterocycles. The Morgan fingerprint density at radius 1 is 1.54 bits per heavy atom. The normalized spacial score (nSPS) is 13.9. The molecule has 1 aliphatic heterocycles.